The first kappa shape index (κ1) is 18.3. The van der Waals surface area contributed by atoms with Crippen LogP contribution in [0, 0.1) is 0 Å². The molecule has 4 rings (SSSR count). The maximum atomic E-state index is 12.9. The van der Waals surface area contributed by atoms with Gasteiger partial charge in [0.1, 0.15) is 11.4 Å². The predicted octanol–water partition coefficient (Wildman–Crippen LogP) is 2.45. The first-order valence-electron chi connectivity index (χ1n) is 9.67. The van der Waals surface area contributed by atoms with Crippen molar-refractivity contribution in [3.8, 4) is 5.69 Å². The molecule has 0 radical (unpaired) electrons. The SMILES string of the molecule is Nc1c(C(=O)N2CCN(CCc3ccccc3)CC2)cnn1-c1ccccc1. The van der Waals surface area contributed by atoms with Crippen LogP contribution < -0.4 is 5.73 Å². The van der Waals surface area contributed by atoms with E-state index in [1.807, 2.05) is 41.3 Å². The molecule has 1 aliphatic rings. The van der Waals surface area contributed by atoms with Crippen molar-refractivity contribution >= 4 is 11.7 Å². The highest BCUT2D eigenvalue weighted by Gasteiger charge is 2.25. The van der Waals surface area contributed by atoms with Gasteiger partial charge in [0.15, 0.2) is 0 Å². The minimum atomic E-state index is -0.0395. The molecule has 0 atom stereocenters. The van der Waals surface area contributed by atoms with E-state index in [2.05, 4.69) is 34.3 Å². The van der Waals surface area contributed by atoms with Gasteiger partial charge in [0.2, 0.25) is 0 Å². The van der Waals surface area contributed by atoms with Crippen LogP contribution in [0.4, 0.5) is 5.82 Å². The minimum Gasteiger partial charge on any atom is -0.383 e. The summed E-state index contributed by atoms with van der Waals surface area (Å²) >= 11 is 0. The fraction of sp³-hybridized carbons (Fsp3) is 0.273. The molecule has 6 nitrogen and oxygen atoms in total. The number of nitrogen functional groups attached to an aromatic ring is 1. The first-order chi connectivity index (χ1) is 13.7. The number of hydrogen-bond donors (Lipinski definition) is 1. The Morgan fingerprint density at radius 2 is 1.57 bits per heavy atom. The van der Waals surface area contributed by atoms with Crippen LogP contribution in [-0.4, -0.2) is 58.2 Å². The Morgan fingerprint density at radius 3 is 2.25 bits per heavy atom. The van der Waals surface area contributed by atoms with Crippen LogP contribution in [0.5, 0.6) is 0 Å². The maximum absolute atomic E-state index is 12.9. The summed E-state index contributed by atoms with van der Waals surface area (Å²) in [6.07, 6.45) is 2.61. The number of aromatic nitrogens is 2. The number of carbonyl (C=O) groups excluding carboxylic acids is 1. The third kappa shape index (κ3) is 3.92. The quantitative estimate of drug-likeness (QED) is 0.744. The van der Waals surface area contributed by atoms with Crippen molar-refractivity contribution < 1.29 is 4.79 Å². The largest absolute Gasteiger partial charge is 0.383 e. The van der Waals surface area contributed by atoms with Gasteiger partial charge in [0, 0.05) is 32.7 Å². The molecule has 1 aliphatic heterocycles. The van der Waals surface area contributed by atoms with E-state index in [1.165, 1.54) is 5.56 Å². The molecular weight excluding hydrogens is 350 g/mol. The van der Waals surface area contributed by atoms with Crippen LogP contribution in [0.1, 0.15) is 15.9 Å². The number of benzene rings is 2. The van der Waals surface area contributed by atoms with Gasteiger partial charge in [-0.3, -0.25) is 9.69 Å². The number of nitrogens with two attached hydrogens (primary N) is 1. The standard InChI is InChI=1S/C22H25N5O/c23-21-20(17-24-27(21)19-9-5-2-6-10-19)22(28)26-15-13-25(14-16-26)12-11-18-7-3-1-4-8-18/h1-10,17H,11-16,23H2. The van der Waals surface area contributed by atoms with E-state index in [0.717, 1.165) is 31.7 Å². The average molecular weight is 375 g/mol. The number of piperazine rings is 1. The fourth-order valence-corrected chi connectivity index (χ4v) is 3.57. The third-order valence-corrected chi connectivity index (χ3v) is 5.26. The molecule has 0 spiro atoms. The highest BCUT2D eigenvalue weighted by Crippen LogP contribution is 2.19. The Morgan fingerprint density at radius 1 is 0.929 bits per heavy atom. The van der Waals surface area contributed by atoms with E-state index in [-0.39, 0.29) is 5.91 Å². The van der Waals surface area contributed by atoms with Gasteiger partial charge in [-0.2, -0.15) is 5.10 Å². The summed E-state index contributed by atoms with van der Waals surface area (Å²) in [4.78, 5) is 17.2. The van der Waals surface area contributed by atoms with Crippen molar-refractivity contribution in [2.75, 3.05) is 38.5 Å². The Hall–Kier alpha value is -3.12. The third-order valence-electron chi connectivity index (χ3n) is 5.26. The summed E-state index contributed by atoms with van der Waals surface area (Å²) in [5.74, 6) is 0.352. The molecule has 0 aliphatic carbocycles. The van der Waals surface area contributed by atoms with Gasteiger partial charge in [-0.05, 0) is 24.1 Å². The number of para-hydroxylation sites is 1. The van der Waals surface area contributed by atoms with Crippen molar-refractivity contribution in [2.24, 2.45) is 0 Å². The minimum absolute atomic E-state index is 0.0395. The topological polar surface area (TPSA) is 67.4 Å². The Bertz CT molecular complexity index is 915. The van der Waals surface area contributed by atoms with Gasteiger partial charge in [0.25, 0.3) is 5.91 Å². The number of anilines is 1. The van der Waals surface area contributed by atoms with Gasteiger partial charge in [-0.1, -0.05) is 48.5 Å². The molecule has 1 fully saturated rings. The van der Waals surface area contributed by atoms with E-state index >= 15 is 0 Å². The van der Waals surface area contributed by atoms with Crippen molar-refractivity contribution in [3.63, 3.8) is 0 Å². The molecule has 28 heavy (non-hydrogen) atoms. The normalized spacial score (nSPS) is 14.9. The van der Waals surface area contributed by atoms with Gasteiger partial charge in [-0.15, -0.1) is 0 Å². The van der Waals surface area contributed by atoms with E-state index in [4.69, 9.17) is 5.73 Å². The van der Waals surface area contributed by atoms with Crippen LogP contribution in [0.15, 0.2) is 66.9 Å². The van der Waals surface area contributed by atoms with Crippen LogP contribution in [0.2, 0.25) is 0 Å². The van der Waals surface area contributed by atoms with Crippen LogP contribution in [0.25, 0.3) is 5.69 Å². The summed E-state index contributed by atoms with van der Waals surface area (Å²) in [7, 11) is 0. The number of hydrogen-bond acceptors (Lipinski definition) is 4. The fourth-order valence-electron chi connectivity index (χ4n) is 3.57. The lowest BCUT2D eigenvalue weighted by Gasteiger charge is -2.34. The second-order valence-corrected chi connectivity index (χ2v) is 7.06. The van der Waals surface area contributed by atoms with Crippen molar-refractivity contribution in [2.45, 2.75) is 6.42 Å². The Kier molecular flexibility index (Phi) is 5.39. The molecule has 6 heteroatoms. The molecule has 1 aromatic heterocycles. The summed E-state index contributed by atoms with van der Waals surface area (Å²) in [5.41, 5.74) is 8.90. The van der Waals surface area contributed by atoms with E-state index in [0.29, 0.717) is 24.5 Å². The van der Waals surface area contributed by atoms with E-state index in [1.54, 1.807) is 10.9 Å². The number of amides is 1. The number of rotatable bonds is 5. The Balaban J connectivity index is 1.35. The smallest absolute Gasteiger partial charge is 0.259 e. The zero-order valence-electron chi connectivity index (χ0n) is 15.9. The highest BCUT2D eigenvalue weighted by atomic mass is 16.2. The average Bonchev–Trinajstić information content (AvgIpc) is 3.15. The summed E-state index contributed by atoms with van der Waals surface area (Å²) in [6, 6.07) is 20.1. The predicted molar refractivity (Wildman–Crippen MR) is 110 cm³/mol. The number of nitrogens with zero attached hydrogens (tertiary/aromatic N) is 4. The van der Waals surface area contributed by atoms with Gasteiger partial charge >= 0.3 is 0 Å². The summed E-state index contributed by atoms with van der Waals surface area (Å²) in [6.45, 7) is 4.20. The number of carbonyl (C=O) groups is 1. The lowest BCUT2D eigenvalue weighted by molar-refractivity contribution is 0.0639. The second kappa shape index (κ2) is 8.27. The highest BCUT2D eigenvalue weighted by molar-refractivity contribution is 5.98. The van der Waals surface area contributed by atoms with Crippen LogP contribution in [-0.2, 0) is 6.42 Å². The van der Waals surface area contributed by atoms with Crippen LogP contribution >= 0.6 is 0 Å². The van der Waals surface area contributed by atoms with Gasteiger partial charge < -0.3 is 10.6 Å². The summed E-state index contributed by atoms with van der Waals surface area (Å²) in [5, 5.41) is 4.31. The lowest BCUT2D eigenvalue weighted by Crippen LogP contribution is -2.49. The molecule has 0 bridgehead atoms. The molecule has 0 saturated carbocycles. The lowest BCUT2D eigenvalue weighted by atomic mass is 10.1. The zero-order valence-corrected chi connectivity index (χ0v) is 15.9. The molecular formula is C22H25N5O. The summed E-state index contributed by atoms with van der Waals surface area (Å²) < 4.78 is 1.61. The van der Waals surface area contributed by atoms with E-state index < -0.39 is 0 Å². The molecule has 2 N–H and O–H groups in total. The van der Waals surface area contributed by atoms with Gasteiger partial charge in [0.05, 0.1) is 11.9 Å². The van der Waals surface area contributed by atoms with Crippen molar-refractivity contribution in [1.29, 1.82) is 0 Å². The Labute approximate surface area is 165 Å². The molecule has 2 aromatic carbocycles. The van der Waals surface area contributed by atoms with E-state index in [9.17, 15) is 4.79 Å². The maximum Gasteiger partial charge on any atom is 0.259 e. The van der Waals surface area contributed by atoms with Crippen molar-refractivity contribution in [3.05, 3.63) is 78.0 Å². The molecule has 1 amide bonds. The zero-order chi connectivity index (χ0) is 19.3. The molecule has 0 unspecified atom stereocenters. The van der Waals surface area contributed by atoms with Crippen LogP contribution in [0.3, 0.4) is 0 Å². The van der Waals surface area contributed by atoms with Gasteiger partial charge in [-0.25, -0.2) is 4.68 Å². The molecule has 1 saturated heterocycles. The second-order valence-electron chi connectivity index (χ2n) is 7.06. The molecule has 3 aromatic rings. The monoisotopic (exact) mass is 375 g/mol. The molecule has 144 valence electrons. The van der Waals surface area contributed by atoms with Crippen molar-refractivity contribution in [1.82, 2.24) is 19.6 Å². The first-order valence-corrected chi connectivity index (χ1v) is 9.67. The molecule has 2 heterocycles.